The quantitative estimate of drug-likeness (QED) is 0.756. The molecule has 1 N–H and O–H groups in total. The number of aryl methyl sites for hydroxylation is 2. The van der Waals surface area contributed by atoms with Crippen LogP contribution in [0.3, 0.4) is 0 Å². The van der Waals surface area contributed by atoms with Gasteiger partial charge < -0.3 is 15.0 Å². The van der Waals surface area contributed by atoms with Crippen LogP contribution in [0.2, 0.25) is 0 Å². The Bertz CT molecular complexity index is 972. The number of amides is 1. The van der Waals surface area contributed by atoms with E-state index in [1.807, 2.05) is 73.1 Å². The lowest BCUT2D eigenvalue weighted by Crippen LogP contribution is -2.36. The zero-order chi connectivity index (χ0) is 19.5. The lowest BCUT2D eigenvalue weighted by Gasteiger charge is -2.28. The van der Waals surface area contributed by atoms with Gasteiger partial charge in [0.05, 0.1) is 30.3 Å². The van der Waals surface area contributed by atoms with E-state index in [-0.39, 0.29) is 5.91 Å². The molecule has 0 aliphatic carbocycles. The smallest absolute Gasteiger partial charge is 0.255 e. The second kappa shape index (κ2) is 7.86. The number of carbonyl (C=O) groups is 1. The first kappa shape index (κ1) is 18.3. The van der Waals surface area contributed by atoms with E-state index in [2.05, 4.69) is 15.3 Å². The van der Waals surface area contributed by atoms with Gasteiger partial charge >= 0.3 is 0 Å². The summed E-state index contributed by atoms with van der Waals surface area (Å²) in [6, 6.07) is 17.4. The third kappa shape index (κ3) is 3.77. The summed E-state index contributed by atoms with van der Waals surface area (Å²) in [5, 5.41) is 7.56. The summed E-state index contributed by atoms with van der Waals surface area (Å²) in [6.07, 6.45) is 0. The SMILES string of the molecule is Cc1cc(C)n(-c2ccccc2NC(=O)c2ccc(N3CCOCC3)cc2)n1. The van der Waals surface area contributed by atoms with Gasteiger partial charge in [-0.3, -0.25) is 4.79 Å². The summed E-state index contributed by atoms with van der Waals surface area (Å²) in [6.45, 7) is 7.20. The first-order chi connectivity index (χ1) is 13.6. The maximum absolute atomic E-state index is 12.8. The van der Waals surface area contributed by atoms with Gasteiger partial charge in [0.25, 0.3) is 5.91 Å². The molecule has 0 saturated carbocycles. The second-order valence-corrected chi connectivity index (χ2v) is 6.96. The molecule has 4 rings (SSSR count). The molecule has 0 bridgehead atoms. The first-order valence-electron chi connectivity index (χ1n) is 9.48. The standard InChI is InChI=1S/C22H24N4O2/c1-16-15-17(2)26(24-16)21-6-4-3-5-20(21)23-22(27)18-7-9-19(10-8-18)25-11-13-28-14-12-25/h3-10,15H,11-14H2,1-2H3,(H,23,27). The number of ether oxygens (including phenoxy) is 1. The molecule has 1 aromatic heterocycles. The highest BCUT2D eigenvalue weighted by atomic mass is 16.5. The Labute approximate surface area is 164 Å². The number of rotatable bonds is 4. The molecular formula is C22H24N4O2. The van der Waals surface area contributed by atoms with Crippen molar-refractivity contribution in [3.05, 3.63) is 71.5 Å². The average Bonchev–Trinajstić information content (AvgIpc) is 3.07. The van der Waals surface area contributed by atoms with E-state index < -0.39 is 0 Å². The summed E-state index contributed by atoms with van der Waals surface area (Å²) in [7, 11) is 0. The Morgan fingerprint density at radius 3 is 2.43 bits per heavy atom. The van der Waals surface area contributed by atoms with Gasteiger partial charge in [0.15, 0.2) is 0 Å². The summed E-state index contributed by atoms with van der Waals surface area (Å²) in [4.78, 5) is 15.1. The molecule has 0 radical (unpaired) electrons. The molecule has 2 aromatic carbocycles. The minimum absolute atomic E-state index is 0.137. The van der Waals surface area contributed by atoms with Crippen LogP contribution in [-0.4, -0.2) is 42.0 Å². The van der Waals surface area contributed by atoms with Crippen LogP contribution in [0.15, 0.2) is 54.6 Å². The van der Waals surface area contributed by atoms with Gasteiger partial charge in [0, 0.05) is 30.0 Å². The molecule has 0 unspecified atom stereocenters. The third-order valence-electron chi connectivity index (χ3n) is 4.90. The van der Waals surface area contributed by atoms with E-state index in [0.29, 0.717) is 5.56 Å². The minimum Gasteiger partial charge on any atom is -0.378 e. The number of para-hydroxylation sites is 2. The zero-order valence-corrected chi connectivity index (χ0v) is 16.2. The number of hydrogen-bond acceptors (Lipinski definition) is 4. The normalized spacial score (nSPS) is 14.1. The molecule has 6 nitrogen and oxygen atoms in total. The topological polar surface area (TPSA) is 59.4 Å². The predicted molar refractivity (Wildman–Crippen MR) is 110 cm³/mol. The predicted octanol–water partition coefficient (Wildman–Crippen LogP) is 3.58. The second-order valence-electron chi connectivity index (χ2n) is 6.96. The van der Waals surface area contributed by atoms with E-state index in [9.17, 15) is 4.79 Å². The lowest BCUT2D eigenvalue weighted by molar-refractivity contribution is 0.102. The largest absolute Gasteiger partial charge is 0.378 e. The fourth-order valence-electron chi connectivity index (χ4n) is 3.48. The Hall–Kier alpha value is -3.12. The Morgan fingerprint density at radius 1 is 1.04 bits per heavy atom. The van der Waals surface area contributed by atoms with Crippen molar-refractivity contribution >= 4 is 17.3 Å². The van der Waals surface area contributed by atoms with Crippen molar-refractivity contribution in [1.29, 1.82) is 0 Å². The van der Waals surface area contributed by atoms with Crippen molar-refractivity contribution in [2.45, 2.75) is 13.8 Å². The van der Waals surface area contributed by atoms with Crippen molar-refractivity contribution in [1.82, 2.24) is 9.78 Å². The van der Waals surface area contributed by atoms with Crippen molar-refractivity contribution in [2.75, 3.05) is 36.5 Å². The number of morpholine rings is 1. The molecule has 2 heterocycles. The summed E-state index contributed by atoms with van der Waals surface area (Å²) >= 11 is 0. The summed E-state index contributed by atoms with van der Waals surface area (Å²) in [5.74, 6) is -0.137. The zero-order valence-electron chi connectivity index (χ0n) is 16.2. The van der Waals surface area contributed by atoms with Crippen LogP contribution in [-0.2, 0) is 4.74 Å². The van der Waals surface area contributed by atoms with Crippen LogP contribution in [0, 0.1) is 13.8 Å². The molecule has 0 atom stereocenters. The van der Waals surface area contributed by atoms with Crippen molar-refractivity contribution in [2.24, 2.45) is 0 Å². The van der Waals surface area contributed by atoms with Crippen LogP contribution >= 0.6 is 0 Å². The monoisotopic (exact) mass is 376 g/mol. The Morgan fingerprint density at radius 2 is 1.75 bits per heavy atom. The van der Waals surface area contributed by atoms with Crippen LogP contribution in [0.4, 0.5) is 11.4 Å². The number of carbonyl (C=O) groups excluding carboxylic acids is 1. The van der Waals surface area contributed by atoms with Crippen molar-refractivity contribution < 1.29 is 9.53 Å². The van der Waals surface area contributed by atoms with Gasteiger partial charge in [-0.1, -0.05) is 12.1 Å². The Balaban J connectivity index is 1.53. The number of nitrogens with one attached hydrogen (secondary N) is 1. The maximum atomic E-state index is 12.8. The number of aromatic nitrogens is 2. The fraction of sp³-hybridized carbons (Fsp3) is 0.273. The number of anilines is 2. The Kier molecular flexibility index (Phi) is 5.12. The summed E-state index contributed by atoms with van der Waals surface area (Å²) < 4.78 is 7.25. The van der Waals surface area contributed by atoms with E-state index >= 15 is 0 Å². The van der Waals surface area contributed by atoms with E-state index in [1.165, 1.54) is 0 Å². The average molecular weight is 376 g/mol. The molecule has 144 valence electrons. The molecule has 1 fully saturated rings. The lowest BCUT2D eigenvalue weighted by atomic mass is 10.1. The highest BCUT2D eigenvalue weighted by molar-refractivity contribution is 6.05. The van der Waals surface area contributed by atoms with Crippen molar-refractivity contribution in [3.63, 3.8) is 0 Å². The van der Waals surface area contributed by atoms with E-state index in [1.54, 1.807) is 0 Å². The van der Waals surface area contributed by atoms with Crippen LogP contribution in [0.25, 0.3) is 5.69 Å². The van der Waals surface area contributed by atoms with Gasteiger partial charge in [0.1, 0.15) is 0 Å². The van der Waals surface area contributed by atoms with E-state index in [4.69, 9.17) is 4.74 Å². The van der Waals surface area contributed by atoms with Gasteiger partial charge in [-0.05, 0) is 56.3 Å². The molecule has 0 spiro atoms. The van der Waals surface area contributed by atoms with Crippen LogP contribution in [0.1, 0.15) is 21.7 Å². The third-order valence-corrected chi connectivity index (χ3v) is 4.90. The van der Waals surface area contributed by atoms with E-state index in [0.717, 1.165) is 54.8 Å². The minimum atomic E-state index is -0.137. The van der Waals surface area contributed by atoms with Gasteiger partial charge in [-0.2, -0.15) is 5.10 Å². The molecule has 1 amide bonds. The van der Waals surface area contributed by atoms with Gasteiger partial charge in [-0.15, -0.1) is 0 Å². The van der Waals surface area contributed by atoms with Gasteiger partial charge in [-0.25, -0.2) is 4.68 Å². The first-order valence-corrected chi connectivity index (χ1v) is 9.48. The molecule has 1 aliphatic heterocycles. The summed E-state index contributed by atoms with van der Waals surface area (Å²) in [5.41, 5.74) is 5.29. The number of nitrogens with zero attached hydrogens (tertiary/aromatic N) is 3. The van der Waals surface area contributed by atoms with Crippen LogP contribution < -0.4 is 10.2 Å². The maximum Gasteiger partial charge on any atom is 0.255 e. The molecule has 3 aromatic rings. The van der Waals surface area contributed by atoms with Crippen LogP contribution in [0.5, 0.6) is 0 Å². The highest BCUT2D eigenvalue weighted by Crippen LogP contribution is 2.23. The van der Waals surface area contributed by atoms with Gasteiger partial charge in [0.2, 0.25) is 0 Å². The molecule has 1 saturated heterocycles. The number of hydrogen-bond donors (Lipinski definition) is 1. The van der Waals surface area contributed by atoms with Crippen molar-refractivity contribution in [3.8, 4) is 5.69 Å². The fourth-order valence-corrected chi connectivity index (χ4v) is 3.48. The molecule has 6 heteroatoms. The number of benzene rings is 2. The molecule has 28 heavy (non-hydrogen) atoms. The molecule has 1 aliphatic rings. The highest BCUT2D eigenvalue weighted by Gasteiger charge is 2.14. The molecular weight excluding hydrogens is 352 g/mol.